The van der Waals surface area contributed by atoms with E-state index in [4.69, 9.17) is 16.4 Å². The quantitative estimate of drug-likeness (QED) is 0.803. The van der Waals surface area contributed by atoms with Crippen molar-refractivity contribution < 1.29 is 9.63 Å². The molecule has 3 rings (SSSR count). The van der Waals surface area contributed by atoms with E-state index in [1.807, 2.05) is 24.3 Å². The highest BCUT2D eigenvalue weighted by Crippen LogP contribution is 2.15. The molecule has 22 heavy (non-hydrogen) atoms. The molecule has 0 bridgehead atoms. The number of nitrogens with zero attached hydrogens (tertiary/aromatic N) is 3. The molecule has 0 fully saturated rings. The standard InChI is InChI=1S/C15H13ClN4O2/c1-10(15(21)17-12-6-4-5-11(16)9-12)22-20-14-8-3-2-7-13(14)18-19-20/h2-10H,1H3,(H,17,21)/t10-/m0/s1. The number of hydrogen-bond donors (Lipinski definition) is 1. The molecule has 1 heterocycles. The van der Waals surface area contributed by atoms with Crippen LogP contribution in [0.4, 0.5) is 5.69 Å². The van der Waals surface area contributed by atoms with E-state index >= 15 is 0 Å². The van der Waals surface area contributed by atoms with Gasteiger partial charge in [-0.25, -0.2) is 0 Å². The largest absolute Gasteiger partial charge is 0.382 e. The van der Waals surface area contributed by atoms with Crippen LogP contribution in [0.1, 0.15) is 6.92 Å². The Kier molecular flexibility index (Phi) is 3.93. The van der Waals surface area contributed by atoms with Crippen molar-refractivity contribution in [1.29, 1.82) is 0 Å². The molecule has 0 aliphatic carbocycles. The predicted molar refractivity (Wildman–Crippen MR) is 83.7 cm³/mol. The molecule has 1 aromatic heterocycles. The third-order valence-electron chi connectivity index (χ3n) is 3.04. The van der Waals surface area contributed by atoms with Crippen LogP contribution in [-0.2, 0) is 4.79 Å². The first-order valence-corrected chi connectivity index (χ1v) is 7.05. The molecule has 1 amide bonds. The van der Waals surface area contributed by atoms with Crippen LogP contribution in [0.15, 0.2) is 48.5 Å². The van der Waals surface area contributed by atoms with Gasteiger partial charge in [0.05, 0.1) is 0 Å². The molecule has 2 aromatic carbocycles. The summed E-state index contributed by atoms with van der Waals surface area (Å²) in [7, 11) is 0. The fourth-order valence-corrected chi connectivity index (χ4v) is 2.12. The van der Waals surface area contributed by atoms with Gasteiger partial charge in [0.2, 0.25) is 6.10 Å². The van der Waals surface area contributed by atoms with Crippen LogP contribution in [-0.4, -0.2) is 27.2 Å². The van der Waals surface area contributed by atoms with Crippen LogP contribution in [0.25, 0.3) is 11.0 Å². The van der Waals surface area contributed by atoms with Gasteiger partial charge in [-0.15, -0.1) is 5.10 Å². The van der Waals surface area contributed by atoms with E-state index in [0.717, 1.165) is 0 Å². The Bertz CT molecular complexity index is 818. The van der Waals surface area contributed by atoms with Crippen molar-refractivity contribution in [2.24, 2.45) is 0 Å². The van der Waals surface area contributed by atoms with Gasteiger partial charge in [0.15, 0.2) is 0 Å². The molecule has 1 atom stereocenters. The van der Waals surface area contributed by atoms with Gasteiger partial charge in [-0.2, -0.15) is 0 Å². The summed E-state index contributed by atoms with van der Waals surface area (Å²) in [6.45, 7) is 1.64. The van der Waals surface area contributed by atoms with Crippen molar-refractivity contribution in [2.75, 3.05) is 5.32 Å². The number of anilines is 1. The van der Waals surface area contributed by atoms with Crippen LogP contribution in [0.3, 0.4) is 0 Å². The zero-order valence-electron chi connectivity index (χ0n) is 11.7. The summed E-state index contributed by atoms with van der Waals surface area (Å²) in [5.74, 6) is -0.304. The second kappa shape index (κ2) is 6.03. The Labute approximate surface area is 131 Å². The first kappa shape index (κ1) is 14.3. The van der Waals surface area contributed by atoms with Gasteiger partial charge in [0.1, 0.15) is 11.0 Å². The van der Waals surface area contributed by atoms with Gasteiger partial charge in [0, 0.05) is 10.7 Å². The van der Waals surface area contributed by atoms with E-state index in [9.17, 15) is 4.79 Å². The fourth-order valence-electron chi connectivity index (χ4n) is 1.93. The molecule has 0 aliphatic heterocycles. The van der Waals surface area contributed by atoms with E-state index in [-0.39, 0.29) is 5.91 Å². The first-order chi connectivity index (χ1) is 10.6. The molecule has 6 nitrogen and oxygen atoms in total. The molecule has 0 saturated carbocycles. The highest BCUT2D eigenvalue weighted by molar-refractivity contribution is 6.30. The lowest BCUT2D eigenvalue weighted by Gasteiger charge is -2.13. The van der Waals surface area contributed by atoms with Crippen molar-refractivity contribution >= 4 is 34.2 Å². The molecule has 0 saturated heterocycles. The van der Waals surface area contributed by atoms with E-state index in [2.05, 4.69) is 15.6 Å². The molecule has 0 spiro atoms. The Balaban J connectivity index is 1.71. The Morgan fingerprint density at radius 2 is 2.09 bits per heavy atom. The van der Waals surface area contributed by atoms with Crippen LogP contribution in [0, 0.1) is 0 Å². The lowest BCUT2D eigenvalue weighted by Crippen LogP contribution is -2.35. The number of halogens is 1. The molecule has 0 aliphatic rings. The highest BCUT2D eigenvalue weighted by Gasteiger charge is 2.17. The number of amides is 1. The highest BCUT2D eigenvalue weighted by atomic mass is 35.5. The SMILES string of the molecule is C[C@H](On1nnc2ccccc21)C(=O)Nc1cccc(Cl)c1. The van der Waals surface area contributed by atoms with Crippen molar-refractivity contribution in [3.63, 3.8) is 0 Å². The average molecular weight is 317 g/mol. The van der Waals surface area contributed by atoms with Gasteiger partial charge >= 0.3 is 0 Å². The molecule has 112 valence electrons. The van der Waals surface area contributed by atoms with Gasteiger partial charge in [-0.3, -0.25) is 4.79 Å². The van der Waals surface area contributed by atoms with Gasteiger partial charge in [0.25, 0.3) is 5.91 Å². The van der Waals surface area contributed by atoms with Crippen molar-refractivity contribution in [1.82, 2.24) is 15.2 Å². The molecule has 0 radical (unpaired) electrons. The number of para-hydroxylation sites is 1. The molecule has 0 unspecified atom stereocenters. The number of carbonyl (C=O) groups is 1. The summed E-state index contributed by atoms with van der Waals surface area (Å²) >= 11 is 5.88. The normalized spacial score (nSPS) is 12.1. The molecular formula is C15H13ClN4O2. The number of hydrogen-bond acceptors (Lipinski definition) is 4. The van der Waals surface area contributed by atoms with Crippen molar-refractivity contribution in [2.45, 2.75) is 13.0 Å². The van der Waals surface area contributed by atoms with E-state index in [1.165, 1.54) is 4.85 Å². The number of benzene rings is 2. The zero-order chi connectivity index (χ0) is 15.5. The number of aromatic nitrogens is 3. The number of carbonyl (C=O) groups excluding carboxylic acids is 1. The van der Waals surface area contributed by atoms with Crippen molar-refractivity contribution in [3.8, 4) is 0 Å². The van der Waals surface area contributed by atoms with E-state index in [1.54, 1.807) is 31.2 Å². The van der Waals surface area contributed by atoms with Crippen LogP contribution >= 0.6 is 11.6 Å². The minimum absolute atomic E-state index is 0.304. The Morgan fingerprint density at radius 1 is 1.27 bits per heavy atom. The smallest absolute Gasteiger partial charge is 0.267 e. The minimum atomic E-state index is -0.746. The number of nitrogens with one attached hydrogen (secondary N) is 1. The summed E-state index contributed by atoms with van der Waals surface area (Å²) < 4.78 is 0. The third kappa shape index (κ3) is 3.01. The van der Waals surface area contributed by atoms with Crippen LogP contribution in [0.5, 0.6) is 0 Å². The lowest BCUT2D eigenvalue weighted by molar-refractivity contribution is -0.127. The monoisotopic (exact) mass is 316 g/mol. The van der Waals surface area contributed by atoms with E-state index < -0.39 is 6.10 Å². The predicted octanol–water partition coefficient (Wildman–Crippen LogP) is 2.54. The molecule has 3 aromatic rings. The Hall–Kier alpha value is -2.60. The maximum atomic E-state index is 12.1. The molecular weight excluding hydrogens is 304 g/mol. The summed E-state index contributed by atoms with van der Waals surface area (Å²) in [6.07, 6.45) is -0.746. The maximum Gasteiger partial charge on any atom is 0.267 e. The topological polar surface area (TPSA) is 69.0 Å². The van der Waals surface area contributed by atoms with Crippen molar-refractivity contribution in [3.05, 3.63) is 53.6 Å². The molecule has 7 heteroatoms. The second-order valence-corrected chi connectivity index (χ2v) is 5.13. The van der Waals surface area contributed by atoms with E-state index in [0.29, 0.717) is 21.7 Å². The summed E-state index contributed by atoms with van der Waals surface area (Å²) in [4.78, 5) is 18.9. The second-order valence-electron chi connectivity index (χ2n) is 4.70. The minimum Gasteiger partial charge on any atom is -0.382 e. The lowest BCUT2D eigenvalue weighted by atomic mass is 10.3. The molecule has 1 N–H and O–H groups in total. The first-order valence-electron chi connectivity index (χ1n) is 6.67. The van der Waals surface area contributed by atoms with Gasteiger partial charge < -0.3 is 10.2 Å². The average Bonchev–Trinajstić information content (AvgIpc) is 2.90. The summed E-state index contributed by atoms with van der Waals surface area (Å²) in [5, 5.41) is 11.1. The summed E-state index contributed by atoms with van der Waals surface area (Å²) in [6, 6.07) is 14.3. The third-order valence-corrected chi connectivity index (χ3v) is 3.28. The van der Waals surface area contributed by atoms with Gasteiger partial charge in [-0.05, 0) is 42.5 Å². The number of rotatable bonds is 4. The fraction of sp³-hybridized carbons (Fsp3) is 0.133. The van der Waals surface area contributed by atoms with Crippen LogP contribution < -0.4 is 10.2 Å². The zero-order valence-corrected chi connectivity index (χ0v) is 12.5. The van der Waals surface area contributed by atoms with Crippen LogP contribution in [0.2, 0.25) is 5.02 Å². The van der Waals surface area contributed by atoms with Gasteiger partial charge in [-0.1, -0.05) is 34.6 Å². The Morgan fingerprint density at radius 3 is 2.91 bits per heavy atom. The maximum absolute atomic E-state index is 12.1. The number of fused-ring (bicyclic) bond motifs is 1. The summed E-state index contributed by atoms with van der Waals surface area (Å²) in [5.41, 5.74) is 2.01.